The molecule has 1 aromatic carbocycles. The van der Waals surface area contributed by atoms with E-state index in [1.807, 2.05) is 48.5 Å². The number of thiazole rings is 1. The van der Waals surface area contributed by atoms with E-state index in [1.165, 1.54) is 6.20 Å². The highest BCUT2D eigenvalue weighted by atomic mass is 32.1. The van der Waals surface area contributed by atoms with Gasteiger partial charge in [0.05, 0.1) is 11.9 Å². The number of carboxylic acids is 1. The van der Waals surface area contributed by atoms with Crippen molar-refractivity contribution in [3.63, 3.8) is 0 Å². The van der Waals surface area contributed by atoms with Gasteiger partial charge in [-0.2, -0.15) is 0 Å². The molecule has 0 spiro atoms. The summed E-state index contributed by atoms with van der Waals surface area (Å²) in [5.41, 5.74) is 1.85. The molecule has 2 heterocycles. The van der Waals surface area contributed by atoms with Crippen LogP contribution < -0.4 is 4.74 Å². The van der Waals surface area contributed by atoms with E-state index in [2.05, 4.69) is 9.97 Å². The van der Waals surface area contributed by atoms with E-state index in [9.17, 15) is 4.79 Å². The van der Waals surface area contributed by atoms with Gasteiger partial charge in [-0.1, -0.05) is 24.3 Å². The number of pyridine rings is 1. The Morgan fingerprint density at radius 3 is 2.62 bits per heavy atom. The SMILES string of the molecule is O=C(O)c1cnc(C=Cc2ccc(OCc3ccccn3)cc2)s1. The van der Waals surface area contributed by atoms with Gasteiger partial charge in [-0.3, -0.25) is 4.98 Å². The molecule has 6 heteroatoms. The average molecular weight is 338 g/mol. The normalized spacial score (nSPS) is 10.8. The minimum absolute atomic E-state index is 0.230. The van der Waals surface area contributed by atoms with Crippen molar-refractivity contribution in [1.82, 2.24) is 9.97 Å². The summed E-state index contributed by atoms with van der Waals surface area (Å²) in [5, 5.41) is 9.53. The molecular weight excluding hydrogens is 324 g/mol. The maximum Gasteiger partial charge on any atom is 0.347 e. The highest BCUT2D eigenvalue weighted by Crippen LogP contribution is 2.18. The van der Waals surface area contributed by atoms with Crippen LogP contribution in [0.3, 0.4) is 0 Å². The van der Waals surface area contributed by atoms with Crippen molar-refractivity contribution in [2.45, 2.75) is 6.61 Å². The summed E-state index contributed by atoms with van der Waals surface area (Å²) in [7, 11) is 0. The third-order valence-electron chi connectivity index (χ3n) is 3.15. The summed E-state index contributed by atoms with van der Waals surface area (Å²) >= 11 is 1.14. The van der Waals surface area contributed by atoms with E-state index < -0.39 is 5.97 Å². The van der Waals surface area contributed by atoms with Crippen molar-refractivity contribution in [1.29, 1.82) is 0 Å². The van der Waals surface area contributed by atoms with Gasteiger partial charge in [0, 0.05) is 6.20 Å². The lowest BCUT2D eigenvalue weighted by Crippen LogP contribution is -1.97. The van der Waals surface area contributed by atoms with Crippen LogP contribution in [0.2, 0.25) is 0 Å². The summed E-state index contributed by atoms with van der Waals surface area (Å²) in [6, 6.07) is 13.3. The lowest BCUT2D eigenvalue weighted by atomic mass is 10.2. The molecule has 0 aliphatic heterocycles. The highest BCUT2D eigenvalue weighted by Gasteiger charge is 2.06. The molecule has 3 aromatic rings. The minimum Gasteiger partial charge on any atom is -0.487 e. The fourth-order valence-corrected chi connectivity index (χ4v) is 2.61. The van der Waals surface area contributed by atoms with Crippen molar-refractivity contribution in [3.8, 4) is 5.75 Å². The molecule has 0 saturated carbocycles. The first-order chi connectivity index (χ1) is 11.7. The Hall–Kier alpha value is -2.99. The molecule has 2 aromatic heterocycles. The van der Waals surface area contributed by atoms with Gasteiger partial charge >= 0.3 is 5.97 Å². The van der Waals surface area contributed by atoms with Crippen molar-refractivity contribution in [2.75, 3.05) is 0 Å². The van der Waals surface area contributed by atoms with Crippen LogP contribution in [0.4, 0.5) is 0 Å². The average Bonchev–Trinajstić information content (AvgIpc) is 3.09. The van der Waals surface area contributed by atoms with Gasteiger partial charge in [0.15, 0.2) is 0 Å². The third kappa shape index (κ3) is 4.27. The van der Waals surface area contributed by atoms with E-state index in [1.54, 1.807) is 12.3 Å². The van der Waals surface area contributed by atoms with Gasteiger partial charge in [-0.15, -0.1) is 11.3 Å². The van der Waals surface area contributed by atoms with Crippen molar-refractivity contribution in [2.24, 2.45) is 0 Å². The number of ether oxygens (including phenoxy) is 1. The summed E-state index contributed by atoms with van der Waals surface area (Å²) in [5.74, 6) is -0.193. The van der Waals surface area contributed by atoms with Crippen LogP contribution in [0, 0.1) is 0 Å². The number of hydrogen-bond acceptors (Lipinski definition) is 5. The van der Waals surface area contributed by atoms with Crippen LogP contribution in [-0.4, -0.2) is 21.0 Å². The van der Waals surface area contributed by atoms with Crippen LogP contribution in [0.5, 0.6) is 5.75 Å². The first kappa shape index (κ1) is 15.9. The Morgan fingerprint density at radius 2 is 1.96 bits per heavy atom. The van der Waals surface area contributed by atoms with Crippen molar-refractivity contribution in [3.05, 3.63) is 76.0 Å². The van der Waals surface area contributed by atoms with Gasteiger partial charge in [-0.05, 0) is 35.9 Å². The molecule has 5 nitrogen and oxygen atoms in total. The quantitative estimate of drug-likeness (QED) is 0.736. The summed E-state index contributed by atoms with van der Waals surface area (Å²) < 4.78 is 5.68. The molecule has 24 heavy (non-hydrogen) atoms. The van der Waals surface area contributed by atoms with E-state index in [-0.39, 0.29) is 4.88 Å². The number of rotatable bonds is 6. The predicted octanol–water partition coefficient (Wildman–Crippen LogP) is 3.99. The summed E-state index contributed by atoms with van der Waals surface area (Å²) in [6.07, 6.45) is 6.77. The maximum atomic E-state index is 10.8. The Labute approximate surface area is 142 Å². The standard InChI is InChI=1S/C18H14N2O3S/c21-18(22)16-11-20-17(24-16)9-6-13-4-7-15(8-5-13)23-12-14-3-1-2-10-19-14/h1-11H,12H2,(H,21,22). The van der Waals surface area contributed by atoms with Gasteiger partial charge in [-0.25, -0.2) is 9.78 Å². The van der Waals surface area contributed by atoms with Crippen LogP contribution in [0.1, 0.15) is 25.9 Å². The second-order valence-electron chi connectivity index (χ2n) is 4.88. The number of carbonyl (C=O) groups is 1. The van der Waals surface area contributed by atoms with Crippen molar-refractivity contribution >= 4 is 29.5 Å². The number of aromatic nitrogens is 2. The fraction of sp³-hybridized carbons (Fsp3) is 0.0556. The monoisotopic (exact) mass is 338 g/mol. The molecular formula is C18H14N2O3S. The summed E-state index contributed by atoms with van der Waals surface area (Å²) in [4.78, 5) is 19.3. The molecule has 0 fully saturated rings. The van der Waals surface area contributed by atoms with Gasteiger partial charge in [0.2, 0.25) is 0 Å². The molecule has 1 N–H and O–H groups in total. The Balaban J connectivity index is 1.59. The lowest BCUT2D eigenvalue weighted by Gasteiger charge is -2.05. The molecule has 0 aliphatic carbocycles. The third-order valence-corrected chi connectivity index (χ3v) is 4.10. The molecule has 0 atom stereocenters. The second kappa shape index (κ2) is 7.52. The minimum atomic E-state index is -0.957. The van der Waals surface area contributed by atoms with Crippen LogP contribution in [0.25, 0.3) is 12.2 Å². The van der Waals surface area contributed by atoms with E-state index in [0.717, 1.165) is 28.3 Å². The Kier molecular flexibility index (Phi) is 4.98. The van der Waals surface area contributed by atoms with E-state index >= 15 is 0 Å². The fourth-order valence-electron chi connectivity index (χ4n) is 1.95. The van der Waals surface area contributed by atoms with Gasteiger partial charge < -0.3 is 9.84 Å². The van der Waals surface area contributed by atoms with Gasteiger partial charge in [0.25, 0.3) is 0 Å². The molecule has 120 valence electrons. The topological polar surface area (TPSA) is 72.3 Å². The molecule has 0 saturated heterocycles. The Bertz CT molecular complexity index is 842. The van der Waals surface area contributed by atoms with E-state index in [4.69, 9.17) is 9.84 Å². The Morgan fingerprint density at radius 1 is 1.12 bits per heavy atom. The van der Waals surface area contributed by atoms with Gasteiger partial charge in [0.1, 0.15) is 22.2 Å². The van der Waals surface area contributed by atoms with Crippen LogP contribution in [0.15, 0.2) is 54.9 Å². The number of aromatic carboxylic acids is 1. The second-order valence-corrected chi connectivity index (χ2v) is 5.94. The smallest absolute Gasteiger partial charge is 0.347 e. The zero-order valence-corrected chi connectivity index (χ0v) is 13.4. The first-order valence-electron chi connectivity index (χ1n) is 7.21. The molecule has 0 radical (unpaired) electrons. The number of nitrogens with zero attached hydrogens (tertiary/aromatic N) is 2. The predicted molar refractivity (Wildman–Crippen MR) is 93.0 cm³/mol. The lowest BCUT2D eigenvalue weighted by molar-refractivity contribution is 0.0702. The molecule has 3 rings (SSSR count). The number of hydrogen-bond donors (Lipinski definition) is 1. The molecule has 0 aliphatic rings. The van der Waals surface area contributed by atoms with E-state index in [0.29, 0.717) is 11.6 Å². The highest BCUT2D eigenvalue weighted by molar-refractivity contribution is 7.14. The number of carboxylic acid groups (broad SMARTS) is 1. The molecule has 0 unspecified atom stereocenters. The van der Waals surface area contributed by atoms with Crippen molar-refractivity contribution < 1.29 is 14.6 Å². The zero-order chi connectivity index (χ0) is 16.8. The molecule has 0 bridgehead atoms. The maximum absolute atomic E-state index is 10.8. The van der Waals surface area contributed by atoms with Crippen LogP contribution in [-0.2, 0) is 6.61 Å². The largest absolute Gasteiger partial charge is 0.487 e. The summed E-state index contributed by atoms with van der Waals surface area (Å²) in [6.45, 7) is 0.424. The first-order valence-corrected chi connectivity index (χ1v) is 8.02. The van der Waals surface area contributed by atoms with Crippen LogP contribution >= 0.6 is 11.3 Å². The zero-order valence-electron chi connectivity index (χ0n) is 12.6. The molecule has 0 amide bonds. The number of benzene rings is 1.